The molecular weight excluding hydrogens is 431 g/mol. The van der Waals surface area contributed by atoms with E-state index < -0.39 is 7.82 Å². The van der Waals surface area contributed by atoms with E-state index in [2.05, 4.69) is 41.5 Å². The van der Waals surface area contributed by atoms with Crippen LogP contribution >= 0.6 is 19.4 Å². The first-order valence-corrected chi connectivity index (χ1v) is 15.0. The second-order valence-corrected chi connectivity index (χ2v) is 10.8. The summed E-state index contributed by atoms with van der Waals surface area (Å²) in [4.78, 5) is 9.77. The summed E-state index contributed by atoms with van der Waals surface area (Å²) in [7, 11) is -3.89. The zero-order valence-corrected chi connectivity index (χ0v) is 23.2. The summed E-state index contributed by atoms with van der Waals surface area (Å²) in [6, 6.07) is 0. The van der Waals surface area contributed by atoms with E-state index in [1.165, 1.54) is 38.5 Å². The summed E-state index contributed by atoms with van der Waals surface area (Å²) in [6.45, 7) is 13.5. The molecule has 0 saturated carbocycles. The number of hydrogen-bond donors (Lipinski definition) is 1. The molecule has 0 radical (unpaired) electrons. The molecule has 0 heterocycles. The normalized spacial score (nSPS) is 15.3. The van der Waals surface area contributed by atoms with Crippen molar-refractivity contribution >= 4 is 19.4 Å². The van der Waals surface area contributed by atoms with Gasteiger partial charge in [0.15, 0.2) is 0 Å². The number of alkyl halides is 1. The number of unbranched alkanes of at least 4 members (excludes halogenated alkanes) is 4. The van der Waals surface area contributed by atoms with Crippen molar-refractivity contribution in [2.45, 2.75) is 137 Å². The zero-order chi connectivity index (χ0) is 24.0. The Morgan fingerprint density at radius 2 is 1.00 bits per heavy atom. The van der Waals surface area contributed by atoms with Crippen molar-refractivity contribution < 1.29 is 18.5 Å². The Labute approximate surface area is 199 Å². The van der Waals surface area contributed by atoms with Crippen LogP contribution in [0.2, 0.25) is 0 Å². The fraction of sp³-hybridized carbons (Fsp3) is 1.00. The van der Waals surface area contributed by atoms with Crippen molar-refractivity contribution in [3.8, 4) is 0 Å². The molecule has 1 N–H and O–H groups in total. The van der Waals surface area contributed by atoms with Gasteiger partial charge in [-0.25, -0.2) is 4.57 Å². The molecule has 2 unspecified atom stereocenters. The molecule has 0 saturated heterocycles. The predicted octanol–water partition coefficient (Wildman–Crippen LogP) is 9.53. The van der Waals surface area contributed by atoms with Gasteiger partial charge in [-0.15, -0.1) is 11.6 Å². The highest BCUT2D eigenvalue weighted by molar-refractivity contribution is 7.47. The van der Waals surface area contributed by atoms with Crippen molar-refractivity contribution in [3.05, 3.63) is 0 Å². The summed E-state index contributed by atoms with van der Waals surface area (Å²) < 4.78 is 22.2. The molecule has 0 aromatic heterocycles. The Morgan fingerprint density at radius 3 is 1.29 bits per heavy atom. The maximum absolute atomic E-state index is 11.9. The minimum atomic E-state index is -3.89. The summed E-state index contributed by atoms with van der Waals surface area (Å²) in [5.41, 5.74) is 0. The second-order valence-electron chi connectivity index (χ2n) is 8.77. The summed E-state index contributed by atoms with van der Waals surface area (Å²) >= 11 is 6.04. The third-order valence-electron chi connectivity index (χ3n) is 5.78. The van der Waals surface area contributed by atoms with Crippen LogP contribution in [0.25, 0.3) is 0 Å². The topological polar surface area (TPSA) is 55.8 Å². The number of halogens is 1. The molecule has 0 aliphatic rings. The van der Waals surface area contributed by atoms with Gasteiger partial charge in [0.05, 0.1) is 13.2 Å². The number of rotatable bonds is 20. The van der Waals surface area contributed by atoms with Gasteiger partial charge in [0.2, 0.25) is 0 Å². The largest absolute Gasteiger partial charge is 0.472 e. The molecule has 2 atom stereocenters. The van der Waals surface area contributed by atoms with E-state index in [0.29, 0.717) is 30.4 Å². The first-order chi connectivity index (χ1) is 14.8. The van der Waals surface area contributed by atoms with Crippen LogP contribution in [0.1, 0.15) is 131 Å². The molecule has 4 nitrogen and oxygen atoms in total. The van der Waals surface area contributed by atoms with E-state index in [4.69, 9.17) is 20.6 Å². The molecule has 0 rings (SSSR count). The lowest BCUT2D eigenvalue weighted by atomic mass is 10.0. The van der Waals surface area contributed by atoms with Crippen molar-refractivity contribution in [2.75, 3.05) is 13.2 Å². The average Bonchev–Trinajstić information content (AvgIpc) is 2.77. The fourth-order valence-electron chi connectivity index (χ4n) is 3.23. The highest BCUT2D eigenvalue weighted by atomic mass is 35.5. The molecule has 190 valence electrons. The summed E-state index contributed by atoms with van der Waals surface area (Å²) in [5, 5.41) is 0.444. The Balaban J connectivity index is 0. The summed E-state index contributed by atoms with van der Waals surface area (Å²) in [5.74, 6) is 0.687. The van der Waals surface area contributed by atoms with E-state index in [1.807, 2.05) is 0 Å². The molecule has 0 spiro atoms. The SMILES string of the molecule is CCCCC(CC)COP(=O)(O)OCC(CC)CCCC.CCCCC(Cl)CCCC. The lowest BCUT2D eigenvalue weighted by Crippen LogP contribution is -2.12. The third kappa shape index (κ3) is 23.4. The monoisotopic (exact) mass is 484 g/mol. The Bertz CT molecular complexity index is 377. The third-order valence-corrected chi connectivity index (χ3v) is 7.16. The smallest absolute Gasteiger partial charge is 0.302 e. The van der Waals surface area contributed by atoms with Crippen LogP contribution < -0.4 is 0 Å². The van der Waals surface area contributed by atoms with E-state index in [1.54, 1.807) is 0 Å². The Morgan fingerprint density at radius 1 is 0.677 bits per heavy atom. The van der Waals surface area contributed by atoms with E-state index in [-0.39, 0.29) is 0 Å². The average molecular weight is 485 g/mol. The van der Waals surface area contributed by atoms with Crippen molar-refractivity contribution in [2.24, 2.45) is 11.8 Å². The van der Waals surface area contributed by atoms with Gasteiger partial charge in [-0.1, -0.05) is 106 Å². The van der Waals surface area contributed by atoms with Crippen LogP contribution in [-0.4, -0.2) is 23.5 Å². The highest BCUT2D eigenvalue weighted by Crippen LogP contribution is 2.44. The lowest BCUT2D eigenvalue weighted by Gasteiger charge is -2.20. The van der Waals surface area contributed by atoms with Gasteiger partial charge in [-0.05, 0) is 37.5 Å². The fourth-order valence-corrected chi connectivity index (χ4v) is 4.41. The molecule has 0 aromatic rings. The van der Waals surface area contributed by atoms with Gasteiger partial charge in [-0.3, -0.25) is 9.05 Å². The number of phosphoric ester groups is 1. The van der Waals surface area contributed by atoms with Crippen LogP contribution in [-0.2, 0) is 13.6 Å². The van der Waals surface area contributed by atoms with Crippen molar-refractivity contribution in [3.63, 3.8) is 0 Å². The minimum Gasteiger partial charge on any atom is -0.302 e. The van der Waals surface area contributed by atoms with Gasteiger partial charge in [0, 0.05) is 5.38 Å². The first kappa shape index (κ1) is 33.6. The van der Waals surface area contributed by atoms with Crippen LogP contribution in [0, 0.1) is 11.8 Å². The first-order valence-electron chi connectivity index (χ1n) is 13.1. The summed E-state index contributed by atoms with van der Waals surface area (Å²) in [6.07, 6.45) is 16.1. The van der Waals surface area contributed by atoms with Gasteiger partial charge in [-0.2, -0.15) is 0 Å². The molecule has 31 heavy (non-hydrogen) atoms. The highest BCUT2D eigenvalue weighted by Gasteiger charge is 2.24. The van der Waals surface area contributed by atoms with Crippen LogP contribution in [0.3, 0.4) is 0 Å². The van der Waals surface area contributed by atoms with E-state index >= 15 is 0 Å². The number of phosphoric acid groups is 1. The standard InChI is InChI=1S/C16H35O4P.C9H19Cl/c1-5-9-11-15(7-3)13-19-21(17,18)20-14-16(8-4)12-10-6-2;1-3-5-7-9(10)8-6-4-2/h15-16H,5-14H2,1-4H3,(H,17,18);9H,3-8H2,1-2H3. The van der Waals surface area contributed by atoms with Crippen molar-refractivity contribution in [1.29, 1.82) is 0 Å². The maximum atomic E-state index is 11.9. The minimum absolute atomic E-state index is 0.316. The van der Waals surface area contributed by atoms with Crippen LogP contribution in [0.4, 0.5) is 0 Å². The molecule has 0 bridgehead atoms. The molecule has 0 amide bonds. The Hall–Kier alpha value is 0.400. The van der Waals surface area contributed by atoms with Crippen LogP contribution in [0.5, 0.6) is 0 Å². The van der Waals surface area contributed by atoms with Gasteiger partial charge < -0.3 is 4.89 Å². The molecule has 0 aliphatic carbocycles. The molecule has 0 aromatic carbocycles. The maximum Gasteiger partial charge on any atom is 0.472 e. The van der Waals surface area contributed by atoms with Gasteiger partial charge >= 0.3 is 7.82 Å². The lowest BCUT2D eigenvalue weighted by molar-refractivity contribution is 0.110. The van der Waals surface area contributed by atoms with Crippen LogP contribution in [0.15, 0.2) is 0 Å². The zero-order valence-electron chi connectivity index (χ0n) is 21.5. The second kappa shape index (κ2) is 23.6. The Kier molecular flexibility index (Phi) is 25.5. The molecule has 6 heteroatoms. The predicted molar refractivity (Wildman–Crippen MR) is 137 cm³/mol. The van der Waals surface area contributed by atoms with Gasteiger partial charge in [0.1, 0.15) is 0 Å². The number of hydrogen-bond acceptors (Lipinski definition) is 3. The molecular formula is C25H54ClO4P. The molecule has 0 aliphatic heterocycles. The van der Waals surface area contributed by atoms with E-state index in [0.717, 1.165) is 51.4 Å². The van der Waals surface area contributed by atoms with Gasteiger partial charge in [0.25, 0.3) is 0 Å². The quantitative estimate of drug-likeness (QED) is 0.138. The van der Waals surface area contributed by atoms with Crippen molar-refractivity contribution in [1.82, 2.24) is 0 Å². The van der Waals surface area contributed by atoms with E-state index in [9.17, 15) is 9.46 Å². The molecule has 0 fully saturated rings.